The topological polar surface area (TPSA) is 65.5 Å². The van der Waals surface area contributed by atoms with Gasteiger partial charge in [0, 0.05) is 19.0 Å². The molecule has 0 radical (unpaired) electrons. The quantitative estimate of drug-likeness (QED) is 0.431. The predicted molar refractivity (Wildman–Crippen MR) is 111 cm³/mol. The number of benzene rings is 2. The molecule has 0 aliphatic carbocycles. The number of carbonyl (C=O) groups is 2. The van der Waals surface area contributed by atoms with Crippen LogP contribution in [0.3, 0.4) is 0 Å². The highest BCUT2D eigenvalue weighted by molar-refractivity contribution is 6.31. The minimum Gasteiger partial charge on any atom is -0.335 e. The van der Waals surface area contributed by atoms with Crippen LogP contribution in [0, 0.1) is 11.6 Å². The average Bonchev–Trinajstić information content (AvgIpc) is 3.16. The van der Waals surface area contributed by atoms with Crippen LogP contribution in [0.5, 0.6) is 0 Å². The van der Waals surface area contributed by atoms with Crippen LogP contribution in [0.2, 0.25) is 5.02 Å². The largest absolute Gasteiger partial charge is 0.417 e. The van der Waals surface area contributed by atoms with Gasteiger partial charge in [-0.25, -0.2) is 18.6 Å². The van der Waals surface area contributed by atoms with Crippen molar-refractivity contribution in [1.29, 1.82) is 0 Å². The Morgan fingerprint density at radius 1 is 1.21 bits per heavy atom. The second-order valence-corrected chi connectivity index (χ2v) is 7.58. The second kappa shape index (κ2) is 8.14. The number of likely N-dealkylation sites (N-methyl/N-ethyl adjacent to an activating group) is 1. The Kier molecular flexibility index (Phi) is 5.61. The standard InChI is InChI=1S/C21H14ClF5N4O2/c1-30(14-7-6-12(23)17(22)18(14)24)19(32)15-9-28-20(33)31(15)16-8-11(21(25,26)27)10-4-2-3-5-13(10)29-16/h2-8,15H,9H2,1H3,(H,28,33). The predicted octanol–water partition coefficient (Wildman–Crippen LogP) is 4.75. The summed E-state index contributed by atoms with van der Waals surface area (Å²) in [6.45, 7) is -0.269. The van der Waals surface area contributed by atoms with Crippen molar-refractivity contribution in [2.24, 2.45) is 0 Å². The van der Waals surface area contributed by atoms with E-state index in [0.29, 0.717) is 6.07 Å². The molecule has 2 heterocycles. The van der Waals surface area contributed by atoms with E-state index in [9.17, 15) is 31.5 Å². The van der Waals surface area contributed by atoms with Crippen molar-refractivity contribution < 1.29 is 31.5 Å². The molecular weight excluding hydrogens is 471 g/mol. The van der Waals surface area contributed by atoms with Crippen molar-refractivity contribution in [3.63, 3.8) is 0 Å². The molecule has 172 valence electrons. The number of anilines is 2. The maximum atomic E-state index is 14.4. The number of halogens is 6. The van der Waals surface area contributed by atoms with Gasteiger partial charge in [0.25, 0.3) is 5.91 Å². The molecule has 1 atom stereocenters. The molecule has 2 aromatic carbocycles. The van der Waals surface area contributed by atoms with Crippen molar-refractivity contribution in [2.45, 2.75) is 12.2 Å². The van der Waals surface area contributed by atoms with Crippen molar-refractivity contribution >= 4 is 45.9 Å². The Morgan fingerprint density at radius 2 is 1.91 bits per heavy atom. The number of urea groups is 1. The SMILES string of the molecule is CN(C(=O)C1CNC(=O)N1c1cc(C(F)(F)F)c2ccccc2n1)c1ccc(F)c(Cl)c1F. The molecular formula is C21H14ClF5N4O2. The third kappa shape index (κ3) is 3.92. The van der Waals surface area contributed by atoms with Gasteiger partial charge in [0.05, 0.1) is 16.8 Å². The fourth-order valence-electron chi connectivity index (χ4n) is 3.60. The van der Waals surface area contributed by atoms with Gasteiger partial charge in [-0.15, -0.1) is 0 Å². The number of fused-ring (bicyclic) bond motifs is 1. The van der Waals surface area contributed by atoms with Gasteiger partial charge in [-0.2, -0.15) is 13.2 Å². The smallest absolute Gasteiger partial charge is 0.335 e. The van der Waals surface area contributed by atoms with E-state index in [1.807, 2.05) is 0 Å². The fraction of sp³-hybridized carbons (Fsp3) is 0.190. The highest BCUT2D eigenvalue weighted by Gasteiger charge is 2.42. The molecule has 0 saturated carbocycles. The van der Waals surface area contributed by atoms with Crippen molar-refractivity contribution in [1.82, 2.24) is 10.3 Å². The lowest BCUT2D eigenvalue weighted by Crippen LogP contribution is -2.47. The van der Waals surface area contributed by atoms with Crippen LogP contribution in [0.1, 0.15) is 5.56 Å². The third-order valence-corrected chi connectivity index (χ3v) is 5.57. The van der Waals surface area contributed by atoms with Crippen LogP contribution in [-0.4, -0.2) is 36.6 Å². The molecule has 1 aliphatic rings. The lowest BCUT2D eigenvalue weighted by Gasteiger charge is -2.27. The average molecular weight is 485 g/mol. The van der Waals surface area contributed by atoms with Crippen LogP contribution >= 0.6 is 11.6 Å². The number of para-hydroxylation sites is 1. The van der Waals surface area contributed by atoms with E-state index in [0.717, 1.165) is 21.9 Å². The Morgan fingerprint density at radius 3 is 2.61 bits per heavy atom. The number of hydrogen-bond acceptors (Lipinski definition) is 3. The van der Waals surface area contributed by atoms with Gasteiger partial charge in [-0.1, -0.05) is 29.8 Å². The molecule has 1 N–H and O–H groups in total. The summed E-state index contributed by atoms with van der Waals surface area (Å²) in [4.78, 5) is 31.3. The summed E-state index contributed by atoms with van der Waals surface area (Å²) < 4.78 is 69.0. The summed E-state index contributed by atoms with van der Waals surface area (Å²) in [6, 6.07) is 5.84. The summed E-state index contributed by atoms with van der Waals surface area (Å²) in [5, 5.41) is 1.39. The third-order valence-electron chi connectivity index (χ3n) is 5.22. The van der Waals surface area contributed by atoms with Crippen LogP contribution in [0.4, 0.5) is 38.3 Å². The van der Waals surface area contributed by atoms with Crippen molar-refractivity contribution in [2.75, 3.05) is 23.4 Å². The maximum Gasteiger partial charge on any atom is 0.417 e. The first-order chi connectivity index (χ1) is 15.5. The van der Waals surface area contributed by atoms with Gasteiger partial charge in [0.2, 0.25) is 0 Å². The molecule has 1 aliphatic heterocycles. The van der Waals surface area contributed by atoms with E-state index in [4.69, 9.17) is 11.6 Å². The number of nitrogens with one attached hydrogen (secondary N) is 1. The zero-order valence-corrected chi connectivity index (χ0v) is 17.5. The van der Waals surface area contributed by atoms with Crippen LogP contribution < -0.4 is 15.1 Å². The molecule has 0 spiro atoms. The van der Waals surface area contributed by atoms with Gasteiger partial charge in [-0.05, 0) is 24.3 Å². The van der Waals surface area contributed by atoms with E-state index < -0.39 is 52.2 Å². The summed E-state index contributed by atoms with van der Waals surface area (Å²) in [7, 11) is 1.17. The molecule has 3 aromatic rings. The Labute approximate surface area is 188 Å². The number of nitrogens with zero attached hydrogens (tertiary/aromatic N) is 3. The number of aromatic nitrogens is 1. The second-order valence-electron chi connectivity index (χ2n) is 7.21. The lowest BCUT2D eigenvalue weighted by molar-refractivity contribution is -0.136. The number of pyridine rings is 1. The highest BCUT2D eigenvalue weighted by atomic mass is 35.5. The van der Waals surface area contributed by atoms with Gasteiger partial charge >= 0.3 is 12.2 Å². The van der Waals surface area contributed by atoms with E-state index in [-0.39, 0.29) is 23.1 Å². The van der Waals surface area contributed by atoms with Crippen LogP contribution in [-0.2, 0) is 11.0 Å². The molecule has 1 aromatic heterocycles. The molecule has 1 unspecified atom stereocenters. The van der Waals surface area contributed by atoms with E-state index in [1.54, 1.807) is 0 Å². The number of rotatable bonds is 3. The monoisotopic (exact) mass is 484 g/mol. The summed E-state index contributed by atoms with van der Waals surface area (Å²) in [6.07, 6.45) is -4.75. The van der Waals surface area contributed by atoms with Gasteiger partial charge in [-0.3, -0.25) is 9.69 Å². The normalized spacial score (nSPS) is 16.3. The first kappa shape index (κ1) is 22.7. The van der Waals surface area contributed by atoms with Crippen LogP contribution in [0.15, 0.2) is 42.5 Å². The lowest BCUT2D eigenvalue weighted by atomic mass is 10.1. The van der Waals surface area contributed by atoms with Gasteiger partial charge in [0.15, 0.2) is 5.82 Å². The Bertz CT molecular complexity index is 1280. The summed E-state index contributed by atoms with van der Waals surface area (Å²) in [5.41, 5.74) is -1.43. The first-order valence-electron chi connectivity index (χ1n) is 9.46. The maximum absolute atomic E-state index is 14.4. The molecule has 6 nitrogen and oxygen atoms in total. The van der Waals surface area contributed by atoms with Crippen molar-refractivity contribution in [3.8, 4) is 0 Å². The van der Waals surface area contributed by atoms with E-state index >= 15 is 0 Å². The van der Waals surface area contributed by atoms with Crippen LogP contribution in [0.25, 0.3) is 10.9 Å². The molecule has 0 bridgehead atoms. The fourth-order valence-corrected chi connectivity index (χ4v) is 3.76. The molecule has 3 amide bonds. The number of amides is 3. The number of carbonyl (C=O) groups excluding carboxylic acids is 2. The number of hydrogen-bond donors (Lipinski definition) is 1. The Balaban J connectivity index is 1.77. The highest BCUT2D eigenvalue weighted by Crippen LogP contribution is 2.37. The molecule has 1 fully saturated rings. The summed E-state index contributed by atoms with van der Waals surface area (Å²) >= 11 is 5.57. The molecule has 1 saturated heterocycles. The minimum atomic E-state index is -4.75. The first-order valence-corrected chi connectivity index (χ1v) is 9.83. The van der Waals surface area contributed by atoms with Crippen molar-refractivity contribution in [3.05, 3.63) is 64.7 Å². The zero-order chi connectivity index (χ0) is 24.1. The molecule has 4 rings (SSSR count). The summed E-state index contributed by atoms with van der Waals surface area (Å²) in [5.74, 6) is -3.48. The molecule has 33 heavy (non-hydrogen) atoms. The van der Waals surface area contributed by atoms with E-state index in [2.05, 4.69) is 10.3 Å². The Hall–Kier alpha value is -3.47. The van der Waals surface area contributed by atoms with Gasteiger partial charge < -0.3 is 10.2 Å². The zero-order valence-electron chi connectivity index (χ0n) is 16.8. The van der Waals surface area contributed by atoms with Gasteiger partial charge in [0.1, 0.15) is 22.7 Å². The minimum absolute atomic E-state index is 0.0297. The molecule has 12 heteroatoms. The number of alkyl halides is 3. The van der Waals surface area contributed by atoms with E-state index in [1.165, 1.54) is 31.3 Å².